The summed E-state index contributed by atoms with van der Waals surface area (Å²) in [5.41, 5.74) is 1.67. The van der Waals surface area contributed by atoms with Crippen LogP contribution in [0.3, 0.4) is 0 Å². The number of hydrogen-bond donors (Lipinski definition) is 1. The van der Waals surface area contributed by atoms with Crippen molar-refractivity contribution in [2.24, 2.45) is 7.05 Å². The molecule has 1 heterocycles. The van der Waals surface area contributed by atoms with Gasteiger partial charge in [0.05, 0.1) is 16.2 Å². The van der Waals surface area contributed by atoms with Crippen LogP contribution in [0.4, 0.5) is 4.39 Å². The summed E-state index contributed by atoms with van der Waals surface area (Å²) in [5, 5.41) is 11.3. The fourth-order valence-corrected chi connectivity index (χ4v) is 3.00. The predicted octanol–water partition coefficient (Wildman–Crippen LogP) is 3.18. The third-order valence-corrected chi connectivity index (χ3v) is 4.20. The van der Waals surface area contributed by atoms with Gasteiger partial charge in [0.1, 0.15) is 5.82 Å². The molecule has 1 atom stereocenters. The monoisotopic (exact) mass is 390 g/mol. The van der Waals surface area contributed by atoms with Crippen molar-refractivity contribution in [3.8, 4) is 0 Å². The first-order valence-electron chi connectivity index (χ1n) is 5.78. The Kier molecular flexibility index (Phi) is 4.70. The molecule has 0 saturated carbocycles. The highest BCUT2D eigenvalue weighted by atomic mass is 79.9. The van der Waals surface area contributed by atoms with E-state index in [4.69, 9.17) is 0 Å². The van der Waals surface area contributed by atoms with E-state index < -0.39 is 0 Å². The molecule has 0 spiro atoms. The van der Waals surface area contributed by atoms with E-state index in [1.807, 2.05) is 20.0 Å². The zero-order valence-corrected chi connectivity index (χ0v) is 13.7. The molecule has 102 valence electrons. The van der Waals surface area contributed by atoms with Crippen LogP contribution in [0.2, 0.25) is 0 Å². The molecule has 1 aromatic heterocycles. The minimum atomic E-state index is -0.286. The SMILES string of the molecule is CCNC(c1cccc(F)c1Br)c1c(Br)nnn1C. The Morgan fingerprint density at radius 3 is 2.74 bits per heavy atom. The van der Waals surface area contributed by atoms with Crippen LogP contribution in [-0.4, -0.2) is 21.5 Å². The fraction of sp³-hybridized carbons (Fsp3) is 0.333. The molecule has 0 radical (unpaired) electrons. The van der Waals surface area contributed by atoms with Gasteiger partial charge in [0, 0.05) is 7.05 Å². The number of aryl methyl sites for hydroxylation is 1. The molecule has 4 nitrogen and oxygen atoms in total. The first kappa shape index (κ1) is 14.6. The first-order valence-corrected chi connectivity index (χ1v) is 7.37. The molecule has 0 amide bonds. The van der Waals surface area contributed by atoms with E-state index in [9.17, 15) is 4.39 Å². The molecule has 0 aliphatic heterocycles. The molecule has 0 aliphatic carbocycles. The van der Waals surface area contributed by atoms with Gasteiger partial charge in [0.25, 0.3) is 0 Å². The Balaban J connectivity index is 2.55. The average Bonchev–Trinajstić information content (AvgIpc) is 2.70. The normalized spacial score (nSPS) is 12.7. The molecule has 19 heavy (non-hydrogen) atoms. The predicted molar refractivity (Wildman–Crippen MR) is 78.3 cm³/mol. The third kappa shape index (κ3) is 2.88. The van der Waals surface area contributed by atoms with Crippen molar-refractivity contribution in [1.29, 1.82) is 0 Å². The summed E-state index contributed by atoms with van der Waals surface area (Å²) in [7, 11) is 1.81. The van der Waals surface area contributed by atoms with Crippen LogP contribution in [-0.2, 0) is 7.05 Å². The number of aromatic nitrogens is 3. The molecular formula is C12H13Br2FN4. The molecule has 2 aromatic rings. The van der Waals surface area contributed by atoms with E-state index in [1.54, 1.807) is 10.7 Å². The maximum atomic E-state index is 13.7. The zero-order valence-electron chi connectivity index (χ0n) is 10.5. The summed E-state index contributed by atoms with van der Waals surface area (Å²) in [4.78, 5) is 0. The van der Waals surface area contributed by atoms with E-state index in [0.29, 0.717) is 9.08 Å². The highest BCUT2D eigenvalue weighted by Gasteiger charge is 2.24. The topological polar surface area (TPSA) is 42.7 Å². The van der Waals surface area contributed by atoms with Crippen LogP contribution in [0.1, 0.15) is 24.2 Å². The first-order chi connectivity index (χ1) is 9.06. The summed E-state index contributed by atoms with van der Waals surface area (Å²) in [6.45, 7) is 2.74. The highest BCUT2D eigenvalue weighted by Crippen LogP contribution is 2.32. The highest BCUT2D eigenvalue weighted by molar-refractivity contribution is 9.10. The molecule has 0 saturated heterocycles. The molecule has 1 N–H and O–H groups in total. The lowest BCUT2D eigenvalue weighted by Gasteiger charge is -2.20. The molecule has 1 unspecified atom stereocenters. The van der Waals surface area contributed by atoms with Crippen molar-refractivity contribution < 1.29 is 4.39 Å². The van der Waals surface area contributed by atoms with Gasteiger partial charge in [-0.1, -0.05) is 24.3 Å². The van der Waals surface area contributed by atoms with Crippen LogP contribution >= 0.6 is 31.9 Å². The van der Waals surface area contributed by atoms with Crippen molar-refractivity contribution >= 4 is 31.9 Å². The lowest BCUT2D eigenvalue weighted by Crippen LogP contribution is -2.25. The van der Waals surface area contributed by atoms with Gasteiger partial charge in [-0.15, -0.1) is 5.10 Å². The minimum absolute atomic E-state index is 0.190. The van der Waals surface area contributed by atoms with Crippen molar-refractivity contribution in [3.05, 3.63) is 44.3 Å². The molecule has 1 aromatic carbocycles. The largest absolute Gasteiger partial charge is 0.305 e. The quantitative estimate of drug-likeness (QED) is 0.870. The fourth-order valence-electron chi connectivity index (χ4n) is 1.95. The van der Waals surface area contributed by atoms with Gasteiger partial charge in [-0.25, -0.2) is 9.07 Å². The third-order valence-electron chi connectivity index (χ3n) is 2.80. The van der Waals surface area contributed by atoms with Crippen molar-refractivity contribution in [2.45, 2.75) is 13.0 Å². The number of hydrogen-bond acceptors (Lipinski definition) is 3. The van der Waals surface area contributed by atoms with E-state index >= 15 is 0 Å². The van der Waals surface area contributed by atoms with Crippen LogP contribution in [0, 0.1) is 5.82 Å². The number of halogens is 3. The van der Waals surface area contributed by atoms with Gasteiger partial charge in [0.15, 0.2) is 4.60 Å². The van der Waals surface area contributed by atoms with Crippen molar-refractivity contribution in [1.82, 2.24) is 20.3 Å². The Morgan fingerprint density at radius 1 is 1.42 bits per heavy atom. The second-order valence-electron chi connectivity index (χ2n) is 4.02. The van der Waals surface area contributed by atoms with Gasteiger partial charge >= 0.3 is 0 Å². The Hall–Kier alpha value is -0.790. The lowest BCUT2D eigenvalue weighted by molar-refractivity contribution is 0.556. The number of rotatable bonds is 4. The minimum Gasteiger partial charge on any atom is -0.305 e. The molecule has 0 aliphatic rings. The number of nitrogens with zero attached hydrogens (tertiary/aromatic N) is 3. The number of nitrogens with one attached hydrogen (secondary N) is 1. The summed E-state index contributed by atoms with van der Waals surface area (Å²) in [6, 6.07) is 4.80. The second kappa shape index (κ2) is 6.11. The van der Waals surface area contributed by atoms with Gasteiger partial charge in [-0.05, 0) is 50.0 Å². The lowest BCUT2D eigenvalue weighted by atomic mass is 10.0. The van der Waals surface area contributed by atoms with Crippen LogP contribution in [0.25, 0.3) is 0 Å². The van der Waals surface area contributed by atoms with Crippen LogP contribution < -0.4 is 5.32 Å². The summed E-state index contributed by atoms with van der Waals surface area (Å²) in [6.07, 6.45) is 0. The Labute approximate surface area is 127 Å². The van der Waals surface area contributed by atoms with Gasteiger partial charge in [0.2, 0.25) is 0 Å². The number of benzene rings is 1. The Morgan fingerprint density at radius 2 is 2.16 bits per heavy atom. The molecular weight excluding hydrogens is 379 g/mol. The van der Waals surface area contributed by atoms with E-state index in [1.165, 1.54) is 6.07 Å². The maximum absolute atomic E-state index is 13.7. The van der Waals surface area contributed by atoms with Gasteiger partial charge < -0.3 is 5.32 Å². The van der Waals surface area contributed by atoms with Gasteiger partial charge in [-0.2, -0.15) is 0 Å². The second-order valence-corrected chi connectivity index (χ2v) is 5.57. The van der Waals surface area contributed by atoms with E-state index in [-0.39, 0.29) is 11.9 Å². The van der Waals surface area contributed by atoms with Crippen molar-refractivity contribution in [3.63, 3.8) is 0 Å². The summed E-state index contributed by atoms with van der Waals surface area (Å²) in [5.74, 6) is -0.286. The summed E-state index contributed by atoms with van der Waals surface area (Å²) < 4.78 is 16.5. The molecule has 2 rings (SSSR count). The van der Waals surface area contributed by atoms with Crippen LogP contribution in [0.5, 0.6) is 0 Å². The van der Waals surface area contributed by atoms with Crippen LogP contribution in [0.15, 0.2) is 27.3 Å². The maximum Gasteiger partial charge on any atom is 0.153 e. The average molecular weight is 392 g/mol. The molecule has 0 bridgehead atoms. The van der Waals surface area contributed by atoms with E-state index in [0.717, 1.165) is 17.8 Å². The molecule has 7 heteroatoms. The standard InChI is InChI=1S/C12H13Br2FN4/c1-3-16-10(11-12(14)17-18-19(11)2)7-5-4-6-8(15)9(7)13/h4-6,10,16H,3H2,1-2H3. The molecule has 0 fully saturated rings. The van der Waals surface area contributed by atoms with E-state index in [2.05, 4.69) is 47.5 Å². The zero-order chi connectivity index (χ0) is 14.0. The van der Waals surface area contributed by atoms with Gasteiger partial charge in [-0.3, -0.25) is 0 Å². The smallest absolute Gasteiger partial charge is 0.153 e. The Bertz CT molecular complexity index is 566. The van der Waals surface area contributed by atoms with Crippen molar-refractivity contribution in [2.75, 3.05) is 6.54 Å². The summed E-state index contributed by atoms with van der Waals surface area (Å²) >= 11 is 6.69.